The van der Waals surface area contributed by atoms with Gasteiger partial charge in [-0.25, -0.2) is 0 Å². The lowest BCUT2D eigenvalue weighted by Gasteiger charge is -2.12. The van der Waals surface area contributed by atoms with Gasteiger partial charge in [0.1, 0.15) is 0 Å². The largest absolute Gasteiger partial charge is 0.383 e. The molecule has 5 nitrogen and oxygen atoms in total. The van der Waals surface area contributed by atoms with Gasteiger partial charge in [0.15, 0.2) is 0 Å². The molecule has 0 saturated carbocycles. The number of hydrogen-bond donors (Lipinski definition) is 2. The summed E-state index contributed by atoms with van der Waals surface area (Å²) in [6.07, 6.45) is 6.65. The van der Waals surface area contributed by atoms with E-state index >= 15 is 0 Å². The van der Waals surface area contributed by atoms with E-state index in [4.69, 9.17) is 11.2 Å². The average Bonchev–Trinajstić information content (AvgIpc) is 2.17. The zero-order valence-electron chi connectivity index (χ0n) is 9.12. The topological polar surface area (TPSA) is 67.4 Å². The van der Waals surface area contributed by atoms with Crippen LogP contribution in [-0.2, 0) is 14.9 Å². The Morgan fingerprint density at radius 1 is 1.53 bits per heavy atom. The Morgan fingerprint density at radius 2 is 2.20 bits per heavy atom. The normalized spacial score (nSPS) is 13.4. The molecule has 0 aromatic rings. The van der Waals surface area contributed by atoms with Crippen molar-refractivity contribution in [2.24, 2.45) is 0 Å². The van der Waals surface area contributed by atoms with E-state index in [1.165, 1.54) is 7.11 Å². The summed E-state index contributed by atoms with van der Waals surface area (Å²) in [4.78, 5) is 0. The fraction of sp³-hybridized carbons (Fsp3) is 0.778. The molecule has 0 rings (SSSR count). The first-order valence-corrected chi connectivity index (χ1v) is 6.26. The van der Waals surface area contributed by atoms with E-state index in [2.05, 4.69) is 15.4 Å². The summed E-state index contributed by atoms with van der Waals surface area (Å²) >= 11 is 0. The summed E-state index contributed by atoms with van der Waals surface area (Å²) in [5.41, 5.74) is 0. The van der Waals surface area contributed by atoms with Gasteiger partial charge in [-0.1, -0.05) is 19.3 Å². The number of methoxy groups -OCH3 is 1. The van der Waals surface area contributed by atoms with E-state index in [9.17, 15) is 8.42 Å². The SMILES string of the molecule is C#CC(CCC)NS(=O)(=O)NCCOC. The molecule has 0 bridgehead atoms. The second kappa shape index (κ2) is 7.65. The molecule has 0 amide bonds. The number of hydrogen-bond acceptors (Lipinski definition) is 3. The van der Waals surface area contributed by atoms with Crippen LogP contribution in [0, 0.1) is 12.3 Å². The Bertz CT molecular complexity index is 295. The van der Waals surface area contributed by atoms with Crippen molar-refractivity contribution in [3.05, 3.63) is 0 Å². The first kappa shape index (κ1) is 14.4. The molecule has 0 aliphatic rings. The molecule has 0 aliphatic heterocycles. The second-order valence-corrected chi connectivity index (χ2v) is 4.55. The third kappa shape index (κ3) is 7.33. The lowest BCUT2D eigenvalue weighted by Crippen LogP contribution is -2.43. The summed E-state index contributed by atoms with van der Waals surface area (Å²) < 4.78 is 32.2. The van der Waals surface area contributed by atoms with Crippen LogP contribution >= 0.6 is 0 Å². The third-order valence-electron chi connectivity index (χ3n) is 1.67. The Hall–Kier alpha value is -0.610. The molecule has 6 heteroatoms. The summed E-state index contributed by atoms with van der Waals surface area (Å²) in [5, 5.41) is 0. The molecule has 88 valence electrons. The van der Waals surface area contributed by atoms with Crippen LogP contribution in [0.5, 0.6) is 0 Å². The minimum Gasteiger partial charge on any atom is -0.383 e. The highest BCUT2D eigenvalue weighted by molar-refractivity contribution is 7.87. The van der Waals surface area contributed by atoms with E-state index in [0.29, 0.717) is 13.0 Å². The van der Waals surface area contributed by atoms with Gasteiger partial charge in [0.2, 0.25) is 0 Å². The van der Waals surface area contributed by atoms with Crippen LogP contribution in [0.2, 0.25) is 0 Å². The van der Waals surface area contributed by atoms with Crippen molar-refractivity contribution < 1.29 is 13.2 Å². The van der Waals surface area contributed by atoms with Gasteiger partial charge in [0, 0.05) is 13.7 Å². The highest BCUT2D eigenvalue weighted by atomic mass is 32.2. The van der Waals surface area contributed by atoms with E-state index < -0.39 is 16.3 Å². The zero-order valence-corrected chi connectivity index (χ0v) is 9.93. The Morgan fingerprint density at radius 3 is 2.67 bits per heavy atom. The van der Waals surface area contributed by atoms with Crippen LogP contribution in [0.3, 0.4) is 0 Å². The predicted octanol–water partition coefficient (Wildman–Crippen LogP) is -0.141. The maximum Gasteiger partial charge on any atom is 0.278 e. The van der Waals surface area contributed by atoms with Gasteiger partial charge in [-0.3, -0.25) is 0 Å². The van der Waals surface area contributed by atoms with Crippen LogP contribution in [0.4, 0.5) is 0 Å². The Balaban J connectivity index is 4.06. The van der Waals surface area contributed by atoms with Gasteiger partial charge in [0.05, 0.1) is 12.6 Å². The lowest BCUT2D eigenvalue weighted by molar-refractivity contribution is 0.204. The minimum absolute atomic E-state index is 0.231. The molecule has 0 radical (unpaired) electrons. The van der Waals surface area contributed by atoms with Crippen LogP contribution in [0.1, 0.15) is 19.8 Å². The van der Waals surface area contributed by atoms with Gasteiger partial charge >= 0.3 is 0 Å². The average molecular weight is 234 g/mol. The maximum absolute atomic E-state index is 11.4. The highest BCUT2D eigenvalue weighted by Gasteiger charge is 2.13. The summed E-state index contributed by atoms with van der Waals surface area (Å²) in [6, 6.07) is -0.449. The molecular weight excluding hydrogens is 216 g/mol. The first-order valence-electron chi connectivity index (χ1n) is 4.77. The zero-order chi connectivity index (χ0) is 11.7. The molecule has 0 fully saturated rings. The molecular formula is C9H18N2O3S. The van der Waals surface area contributed by atoms with Gasteiger partial charge in [0.25, 0.3) is 10.2 Å². The van der Waals surface area contributed by atoms with E-state index in [-0.39, 0.29) is 6.54 Å². The fourth-order valence-corrected chi connectivity index (χ4v) is 1.97. The van der Waals surface area contributed by atoms with Crippen molar-refractivity contribution in [3.8, 4) is 12.3 Å². The van der Waals surface area contributed by atoms with Crippen LogP contribution in [0.15, 0.2) is 0 Å². The molecule has 0 aliphatic carbocycles. The summed E-state index contributed by atoms with van der Waals surface area (Å²) in [5.74, 6) is 2.39. The van der Waals surface area contributed by atoms with E-state index in [1.54, 1.807) is 0 Å². The van der Waals surface area contributed by atoms with Crippen molar-refractivity contribution in [2.45, 2.75) is 25.8 Å². The number of rotatable bonds is 8. The summed E-state index contributed by atoms with van der Waals surface area (Å²) in [7, 11) is -2.01. The molecule has 1 atom stereocenters. The first-order chi connectivity index (χ1) is 7.05. The van der Waals surface area contributed by atoms with E-state index in [1.807, 2.05) is 6.92 Å². The molecule has 2 N–H and O–H groups in total. The standard InChI is InChI=1S/C9H18N2O3S/c1-4-6-9(5-2)11-15(12,13)10-7-8-14-3/h2,9-11H,4,6-8H2,1,3H3. The summed E-state index contributed by atoms with van der Waals surface area (Å²) in [6.45, 7) is 2.50. The van der Waals surface area contributed by atoms with Crippen molar-refractivity contribution in [1.29, 1.82) is 0 Å². The Labute approximate surface area is 91.8 Å². The molecule has 0 heterocycles. The highest BCUT2D eigenvalue weighted by Crippen LogP contribution is 1.96. The molecule has 0 saturated heterocycles. The van der Waals surface area contributed by atoms with Crippen molar-refractivity contribution in [2.75, 3.05) is 20.3 Å². The van der Waals surface area contributed by atoms with Gasteiger partial charge in [-0.2, -0.15) is 17.9 Å². The van der Waals surface area contributed by atoms with Gasteiger partial charge < -0.3 is 4.74 Å². The molecule has 0 aromatic carbocycles. The molecule has 0 aromatic heterocycles. The van der Waals surface area contributed by atoms with Crippen molar-refractivity contribution >= 4 is 10.2 Å². The van der Waals surface area contributed by atoms with Crippen LogP contribution in [0.25, 0.3) is 0 Å². The predicted molar refractivity (Wildman–Crippen MR) is 59.5 cm³/mol. The van der Waals surface area contributed by atoms with Crippen LogP contribution < -0.4 is 9.44 Å². The maximum atomic E-state index is 11.4. The molecule has 0 spiro atoms. The van der Waals surface area contributed by atoms with Crippen molar-refractivity contribution in [1.82, 2.24) is 9.44 Å². The van der Waals surface area contributed by atoms with Crippen molar-refractivity contribution in [3.63, 3.8) is 0 Å². The number of ether oxygens (including phenoxy) is 1. The monoisotopic (exact) mass is 234 g/mol. The smallest absolute Gasteiger partial charge is 0.278 e. The fourth-order valence-electron chi connectivity index (χ4n) is 0.972. The van der Waals surface area contributed by atoms with E-state index in [0.717, 1.165) is 6.42 Å². The molecule has 1 unspecified atom stereocenters. The van der Waals surface area contributed by atoms with Gasteiger partial charge in [-0.15, -0.1) is 6.42 Å². The van der Waals surface area contributed by atoms with Crippen LogP contribution in [-0.4, -0.2) is 34.7 Å². The molecule has 15 heavy (non-hydrogen) atoms. The van der Waals surface area contributed by atoms with Gasteiger partial charge in [-0.05, 0) is 6.42 Å². The third-order valence-corrected chi connectivity index (χ3v) is 2.85. The second-order valence-electron chi connectivity index (χ2n) is 3.02. The number of nitrogens with one attached hydrogen (secondary N) is 2. The minimum atomic E-state index is -3.51. The lowest BCUT2D eigenvalue weighted by atomic mass is 10.2. The quantitative estimate of drug-likeness (QED) is 0.454. The number of terminal acetylenes is 1. The Kier molecular flexibility index (Phi) is 7.34.